The molecule has 0 unspecified atom stereocenters. The van der Waals surface area contributed by atoms with Gasteiger partial charge in [0.25, 0.3) is 0 Å². The summed E-state index contributed by atoms with van der Waals surface area (Å²) in [4.78, 5) is 16.3. The van der Waals surface area contributed by atoms with Gasteiger partial charge in [-0.05, 0) is 44.7 Å². The number of rotatable bonds is 4. The fourth-order valence-electron chi connectivity index (χ4n) is 2.82. The van der Waals surface area contributed by atoms with Gasteiger partial charge in [0.1, 0.15) is 5.56 Å². The Morgan fingerprint density at radius 1 is 1.52 bits per heavy atom. The van der Waals surface area contributed by atoms with Crippen molar-refractivity contribution in [2.45, 2.75) is 45.2 Å². The van der Waals surface area contributed by atoms with Crippen LogP contribution in [0.1, 0.15) is 47.8 Å². The standard InChI is InChI=1S/C16H21N3O2/c1-11-8-17-14-13(15(20)21-3)7-12(10-19(11)14)9-18-16(2)5-4-6-16/h7-8,10,18H,4-6,9H2,1-3H3. The third-order valence-electron chi connectivity index (χ3n) is 4.43. The van der Waals surface area contributed by atoms with E-state index < -0.39 is 0 Å². The summed E-state index contributed by atoms with van der Waals surface area (Å²) in [5.74, 6) is -0.345. The molecule has 2 aromatic heterocycles. The number of ether oxygens (including phenoxy) is 1. The van der Waals surface area contributed by atoms with Crippen LogP contribution in [0.25, 0.3) is 5.65 Å². The normalized spacial score (nSPS) is 16.7. The largest absolute Gasteiger partial charge is 0.465 e. The summed E-state index contributed by atoms with van der Waals surface area (Å²) in [7, 11) is 1.40. The molecule has 0 aliphatic heterocycles. The van der Waals surface area contributed by atoms with E-state index in [1.54, 1.807) is 6.20 Å². The molecule has 3 rings (SSSR count). The third kappa shape index (κ3) is 2.53. The lowest BCUT2D eigenvalue weighted by molar-refractivity contribution is 0.0602. The first-order valence-electron chi connectivity index (χ1n) is 7.32. The molecule has 1 aliphatic carbocycles. The van der Waals surface area contributed by atoms with Crippen molar-refractivity contribution in [2.24, 2.45) is 0 Å². The Kier molecular flexibility index (Phi) is 3.45. The van der Waals surface area contributed by atoms with E-state index in [-0.39, 0.29) is 11.5 Å². The minimum atomic E-state index is -0.345. The van der Waals surface area contributed by atoms with Crippen LogP contribution in [-0.4, -0.2) is 28.0 Å². The van der Waals surface area contributed by atoms with Gasteiger partial charge in [-0.1, -0.05) is 0 Å². The molecule has 5 nitrogen and oxygen atoms in total. The van der Waals surface area contributed by atoms with Crippen LogP contribution in [0.5, 0.6) is 0 Å². The molecule has 112 valence electrons. The molecular formula is C16H21N3O2. The summed E-state index contributed by atoms with van der Waals surface area (Å²) in [5.41, 5.74) is 3.48. The fraction of sp³-hybridized carbons (Fsp3) is 0.500. The number of aromatic nitrogens is 2. The van der Waals surface area contributed by atoms with Gasteiger partial charge in [-0.2, -0.15) is 0 Å². The summed E-state index contributed by atoms with van der Waals surface area (Å²) in [6, 6.07) is 1.88. The van der Waals surface area contributed by atoms with E-state index >= 15 is 0 Å². The lowest BCUT2D eigenvalue weighted by Crippen LogP contribution is -2.47. The highest BCUT2D eigenvalue weighted by Crippen LogP contribution is 2.31. The Morgan fingerprint density at radius 3 is 2.90 bits per heavy atom. The monoisotopic (exact) mass is 287 g/mol. The van der Waals surface area contributed by atoms with Crippen molar-refractivity contribution in [3.63, 3.8) is 0 Å². The number of methoxy groups -OCH3 is 1. The van der Waals surface area contributed by atoms with E-state index in [0.717, 1.165) is 17.8 Å². The van der Waals surface area contributed by atoms with Crippen molar-refractivity contribution in [1.29, 1.82) is 0 Å². The highest BCUT2D eigenvalue weighted by molar-refractivity contribution is 5.96. The highest BCUT2D eigenvalue weighted by atomic mass is 16.5. The second-order valence-corrected chi connectivity index (χ2v) is 6.11. The maximum atomic E-state index is 12.0. The van der Waals surface area contributed by atoms with Gasteiger partial charge < -0.3 is 14.5 Å². The Bertz CT molecular complexity index is 686. The zero-order valence-electron chi connectivity index (χ0n) is 12.8. The Morgan fingerprint density at radius 2 is 2.29 bits per heavy atom. The fourth-order valence-corrected chi connectivity index (χ4v) is 2.82. The molecule has 0 amide bonds. The number of imidazole rings is 1. The van der Waals surface area contributed by atoms with Gasteiger partial charge in [0.2, 0.25) is 0 Å². The van der Waals surface area contributed by atoms with Crippen LogP contribution in [0.3, 0.4) is 0 Å². The number of pyridine rings is 1. The molecule has 0 radical (unpaired) electrons. The average molecular weight is 287 g/mol. The number of carbonyl (C=O) groups is 1. The van der Waals surface area contributed by atoms with E-state index in [9.17, 15) is 4.79 Å². The number of fused-ring (bicyclic) bond motifs is 1. The molecule has 0 aromatic carbocycles. The van der Waals surface area contributed by atoms with Crippen LogP contribution in [-0.2, 0) is 11.3 Å². The van der Waals surface area contributed by atoms with Gasteiger partial charge in [0, 0.05) is 30.2 Å². The summed E-state index contributed by atoms with van der Waals surface area (Å²) in [6.45, 7) is 4.97. The van der Waals surface area contributed by atoms with Gasteiger partial charge >= 0.3 is 5.97 Å². The first-order valence-corrected chi connectivity index (χ1v) is 7.32. The molecular weight excluding hydrogens is 266 g/mol. The molecule has 2 heterocycles. The van der Waals surface area contributed by atoms with Crippen LogP contribution in [0.15, 0.2) is 18.5 Å². The molecule has 0 saturated heterocycles. The molecule has 1 aliphatic rings. The first kappa shape index (κ1) is 14.1. The molecule has 1 fully saturated rings. The predicted molar refractivity (Wildman–Crippen MR) is 80.4 cm³/mol. The molecule has 0 spiro atoms. The zero-order chi connectivity index (χ0) is 15.0. The van der Waals surface area contributed by atoms with E-state index in [1.165, 1.54) is 26.4 Å². The number of nitrogens with zero attached hydrogens (tertiary/aromatic N) is 2. The van der Waals surface area contributed by atoms with Gasteiger partial charge in [-0.15, -0.1) is 0 Å². The van der Waals surface area contributed by atoms with Crippen molar-refractivity contribution in [3.05, 3.63) is 35.3 Å². The summed E-state index contributed by atoms with van der Waals surface area (Å²) >= 11 is 0. The maximum Gasteiger partial charge on any atom is 0.341 e. The first-order chi connectivity index (χ1) is 10.0. The quantitative estimate of drug-likeness (QED) is 0.878. The second-order valence-electron chi connectivity index (χ2n) is 6.11. The number of hydrogen-bond acceptors (Lipinski definition) is 4. The highest BCUT2D eigenvalue weighted by Gasteiger charge is 2.30. The second kappa shape index (κ2) is 5.15. The zero-order valence-corrected chi connectivity index (χ0v) is 12.8. The molecule has 5 heteroatoms. The van der Waals surface area contributed by atoms with E-state index in [1.807, 2.05) is 23.6 Å². The number of esters is 1. The van der Waals surface area contributed by atoms with E-state index in [4.69, 9.17) is 4.74 Å². The number of nitrogens with one attached hydrogen (secondary N) is 1. The van der Waals surface area contributed by atoms with Crippen molar-refractivity contribution in [3.8, 4) is 0 Å². The van der Waals surface area contributed by atoms with Crippen molar-refractivity contribution in [2.75, 3.05) is 7.11 Å². The van der Waals surface area contributed by atoms with Crippen LogP contribution >= 0.6 is 0 Å². The SMILES string of the molecule is COC(=O)c1cc(CNC2(C)CCC2)cn2c(C)cnc12. The van der Waals surface area contributed by atoms with Crippen LogP contribution in [0.4, 0.5) is 0 Å². The van der Waals surface area contributed by atoms with Gasteiger partial charge in [-0.25, -0.2) is 9.78 Å². The number of aryl methyl sites for hydroxylation is 1. The van der Waals surface area contributed by atoms with E-state index in [2.05, 4.69) is 17.2 Å². The van der Waals surface area contributed by atoms with Gasteiger partial charge in [0.15, 0.2) is 5.65 Å². The molecule has 2 aromatic rings. The van der Waals surface area contributed by atoms with Crippen molar-refractivity contribution >= 4 is 11.6 Å². The number of carbonyl (C=O) groups excluding carboxylic acids is 1. The lowest BCUT2D eigenvalue weighted by atomic mass is 9.78. The Balaban J connectivity index is 1.94. The smallest absolute Gasteiger partial charge is 0.341 e. The molecule has 21 heavy (non-hydrogen) atoms. The van der Waals surface area contributed by atoms with Crippen molar-refractivity contribution in [1.82, 2.24) is 14.7 Å². The maximum absolute atomic E-state index is 12.0. The third-order valence-corrected chi connectivity index (χ3v) is 4.43. The minimum Gasteiger partial charge on any atom is -0.465 e. The van der Waals surface area contributed by atoms with Crippen LogP contribution in [0, 0.1) is 6.92 Å². The topological polar surface area (TPSA) is 55.6 Å². The van der Waals surface area contributed by atoms with Crippen molar-refractivity contribution < 1.29 is 9.53 Å². The van der Waals surface area contributed by atoms with Crippen LogP contribution in [0.2, 0.25) is 0 Å². The lowest BCUT2D eigenvalue weighted by Gasteiger charge is -2.39. The Labute approximate surface area is 124 Å². The minimum absolute atomic E-state index is 0.240. The van der Waals surface area contributed by atoms with Gasteiger partial charge in [0.05, 0.1) is 7.11 Å². The average Bonchev–Trinajstić information content (AvgIpc) is 2.83. The molecule has 1 N–H and O–H groups in total. The summed E-state index contributed by atoms with van der Waals surface area (Å²) < 4.78 is 6.82. The predicted octanol–water partition coefficient (Wildman–Crippen LogP) is 2.46. The van der Waals surface area contributed by atoms with Crippen LogP contribution < -0.4 is 5.32 Å². The molecule has 0 atom stereocenters. The molecule has 1 saturated carbocycles. The van der Waals surface area contributed by atoms with E-state index in [0.29, 0.717) is 11.2 Å². The summed E-state index contributed by atoms with van der Waals surface area (Å²) in [5, 5.41) is 3.59. The number of hydrogen-bond donors (Lipinski definition) is 1. The van der Waals surface area contributed by atoms with Gasteiger partial charge in [-0.3, -0.25) is 0 Å². The Hall–Kier alpha value is -1.88. The summed E-state index contributed by atoms with van der Waals surface area (Å²) in [6.07, 6.45) is 7.52. The molecule has 0 bridgehead atoms.